The van der Waals surface area contributed by atoms with Crippen LogP contribution in [-0.4, -0.2) is 34.2 Å². The van der Waals surface area contributed by atoms with Crippen LogP contribution >= 0.6 is 12.6 Å². The van der Waals surface area contributed by atoms with Gasteiger partial charge in [-0.15, -0.1) is 0 Å². The number of thiol groups is 1. The number of carboxylic acids is 1. The minimum atomic E-state index is -1.03. The second-order valence-electron chi connectivity index (χ2n) is 3.46. The van der Waals surface area contributed by atoms with Crippen LogP contribution in [0.5, 0.6) is 0 Å². The fraction of sp³-hybridized carbons (Fsp3) is 0.600. The number of rotatable bonds is 4. The van der Waals surface area contributed by atoms with Gasteiger partial charge in [0.25, 0.3) is 0 Å². The number of amides is 1. The molecule has 0 spiro atoms. The van der Waals surface area contributed by atoms with Crippen LogP contribution in [-0.2, 0) is 9.59 Å². The molecule has 0 bridgehead atoms. The van der Waals surface area contributed by atoms with E-state index in [9.17, 15) is 9.59 Å². The quantitative estimate of drug-likeness (QED) is 0.711. The van der Waals surface area contributed by atoms with Gasteiger partial charge in [-0.1, -0.05) is 13.0 Å². The molecule has 84 valence electrons. The summed E-state index contributed by atoms with van der Waals surface area (Å²) in [4.78, 5) is 24.1. The van der Waals surface area contributed by atoms with Crippen molar-refractivity contribution in [3.8, 4) is 0 Å². The van der Waals surface area contributed by atoms with E-state index in [2.05, 4.69) is 12.6 Å². The average molecular weight is 229 g/mol. The molecule has 1 unspecified atom stereocenters. The van der Waals surface area contributed by atoms with Crippen molar-refractivity contribution in [1.29, 1.82) is 0 Å². The van der Waals surface area contributed by atoms with Crippen molar-refractivity contribution < 1.29 is 14.7 Å². The number of nitrogens with zero attached hydrogens (tertiary/aromatic N) is 1. The van der Waals surface area contributed by atoms with Crippen LogP contribution in [0.2, 0.25) is 0 Å². The minimum absolute atomic E-state index is 0.111. The number of hydrogen-bond acceptors (Lipinski definition) is 3. The lowest BCUT2D eigenvalue weighted by atomic mass is 10.1. The first-order valence-electron chi connectivity index (χ1n) is 4.97. The second-order valence-corrected chi connectivity index (χ2v) is 3.83. The highest BCUT2D eigenvalue weighted by Crippen LogP contribution is 2.20. The van der Waals surface area contributed by atoms with Gasteiger partial charge in [0, 0.05) is 18.2 Å². The molecule has 5 heteroatoms. The summed E-state index contributed by atoms with van der Waals surface area (Å²) in [5, 5.41) is 8.88. The Balaban J connectivity index is 2.76. The van der Waals surface area contributed by atoms with Gasteiger partial charge in [0.2, 0.25) is 5.91 Å². The number of carbonyl (C=O) groups excluding carboxylic acids is 1. The summed E-state index contributed by atoms with van der Waals surface area (Å²) in [7, 11) is 0. The first kappa shape index (κ1) is 12.1. The number of aliphatic carboxylic acids is 1. The predicted molar refractivity (Wildman–Crippen MR) is 59.7 cm³/mol. The van der Waals surface area contributed by atoms with Crippen LogP contribution in [0.1, 0.15) is 19.8 Å². The molecule has 0 aliphatic carbocycles. The molecular formula is C10H15NO3S. The molecule has 1 N–H and O–H groups in total. The largest absolute Gasteiger partial charge is 0.477 e. The highest BCUT2D eigenvalue weighted by atomic mass is 32.1. The summed E-state index contributed by atoms with van der Waals surface area (Å²) in [5.41, 5.74) is 0.111. The molecule has 1 aliphatic heterocycles. The Bertz CT molecular complexity index is 297. The van der Waals surface area contributed by atoms with Gasteiger partial charge >= 0.3 is 5.97 Å². The van der Waals surface area contributed by atoms with Gasteiger partial charge in [-0.25, -0.2) is 4.79 Å². The smallest absolute Gasteiger partial charge is 0.352 e. The van der Waals surface area contributed by atoms with E-state index in [1.54, 1.807) is 6.08 Å². The molecule has 0 aromatic rings. The van der Waals surface area contributed by atoms with Crippen molar-refractivity contribution in [1.82, 2.24) is 4.90 Å². The summed E-state index contributed by atoms with van der Waals surface area (Å²) >= 11 is 4.09. The number of carboxylic acid groups (broad SMARTS) is 1. The maximum atomic E-state index is 11.9. The van der Waals surface area contributed by atoms with Crippen LogP contribution < -0.4 is 0 Å². The Labute approximate surface area is 94.4 Å². The number of carbonyl (C=O) groups is 2. The maximum Gasteiger partial charge on any atom is 0.352 e. The lowest BCUT2D eigenvalue weighted by Crippen LogP contribution is -2.36. The third kappa shape index (κ3) is 2.53. The maximum absolute atomic E-state index is 11.9. The average Bonchev–Trinajstić information content (AvgIpc) is 2.67. The summed E-state index contributed by atoms with van der Waals surface area (Å²) in [6, 6.07) is 0. The molecule has 0 saturated heterocycles. The summed E-state index contributed by atoms with van der Waals surface area (Å²) < 4.78 is 0. The van der Waals surface area contributed by atoms with Gasteiger partial charge in [0.15, 0.2) is 0 Å². The molecule has 1 rings (SSSR count). The Kier molecular flexibility index (Phi) is 4.20. The third-order valence-corrected chi connectivity index (χ3v) is 2.97. The van der Waals surface area contributed by atoms with E-state index in [0.717, 1.165) is 0 Å². The van der Waals surface area contributed by atoms with E-state index in [4.69, 9.17) is 5.11 Å². The van der Waals surface area contributed by atoms with Crippen molar-refractivity contribution in [3.05, 3.63) is 11.8 Å². The van der Waals surface area contributed by atoms with Gasteiger partial charge in [0.05, 0.1) is 0 Å². The van der Waals surface area contributed by atoms with Gasteiger partial charge in [-0.05, 0) is 12.8 Å². The van der Waals surface area contributed by atoms with Crippen LogP contribution in [0.25, 0.3) is 0 Å². The zero-order chi connectivity index (χ0) is 11.4. The summed E-state index contributed by atoms with van der Waals surface area (Å²) in [5.74, 6) is -0.888. The minimum Gasteiger partial charge on any atom is -0.477 e. The van der Waals surface area contributed by atoms with Crippen molar-refractivity contribution in [2.75, 3.05) is 12.3 Å². The normalized spacial score (nSPS) is 17.5. The molecule has 4 nitrogen and oxygen atoms in total. The molecule has 0 fully saturated rings. The first-order chi connectivity index (χ1) is 7.11. The fourth-order valence-corrected chi connectivity index (χ4v) is 2.01. The molecule has 1 atom stereocenters. The molecule has 0 saturated carbocycles. The zero-order valence-electron chi connectivity index (χ0n) is 8.64. The highest BCUT2D eigenvalue weighted by molar-refractivity contribution is 7.80. The second kappa shape index (κ2) is 5.21. The zero-order valence-corrected chi connectivity index (χ0v) is 9.54. The van der Waals surface area contributed by atoms with E-state index in [-0.39, 0.29) is 17.5 Å². The van der Waals surface area contributed by atoms with Crippen LogP contribution in [0, 0.1) is 5.92 Å². The molecule has 0 radical (unpaired) electrons. The lowest BCUT2D eigenvalue weighted by molar-refractivity contribution is -0.140. The highest BCUT2D eigenvalue weighted by Gasteiger charge is 2.30. The van der Waals surface area contributed by atoms with Crippen molar-refractivity contribution in [2.45, 2.75) is 19.8 Å². The van der Waals surface area contributed by atoms with Crippen molar-refractivity contribution >= 4 is 24.5 Å². The molecule has 1 amide bonds. The lowest BCUT2D eigenvalue weighted by Gasteiger charge is -2.22. The SMILES string of the molecule is CCC(CS)C(=O)N1CCC=C1C(=O)O. The molecular weight excluding hydrogens is 214 g/mol. The van der Waals surface area contributed by atoms with E-state index in [0.29, 0.717) is 25.1 Å². The van der Waals surface area contributed by atoms with Crippen molar-refractivity contribution in [3.63, 3.8) is 0 Å². The van der Waals surface area contributed by atoms with Gasteiger partial charge in [-0.2, -0.15) is 12.6 Å². The van der Waals surface area contributed by atoms with E-state index in [1.165, 1.54) is 4.90 Å². The summed E-state index contributed by atoms with van der Waals surface area (Å²) in [6.45, 7) is 2.38. The van der Waals surface area contributed by atoms with Gasteiger partial charge < -0.3 is 10.0 Å². The van der Waals surface area contributed by atoms with E-state index < -0.39 is 5.97 Å². The number of hydrogen-bond donors (Lipinski definition) is 2. The Morgan fingerprint density at radius 2 is 2.33 bits per heavy atom. The van der Waals surface area contributed by atoms with Crippen molar-refractivity contribution in [2.24, 2.45) is 5.92 Å². The van der Waals surface area contributed by atoms with Crippen LogP contribution in [0.4, 0.5) is 0 Å². The monoisotopic (exact) mass is 229 g/mol. The summed E-state index contributed by atoms with van der Waals surface area (Å²) in [6.07, 6.45) is 2.90. The van der Waals surface area contributed by atoms with Gasteiger partial charge in [-0.3, -0.25) is 4.79 Å². The molecule has 1 aliphatic rings. The Hall–Kier alpha value is -0.970. The Morgan fingerprint density at radius 1 is 1.67 bits per heavy atom. The van der Waals surface area contributed by atoms with E-state index in [1.807, 2.05) is 6.92 Å². The predicted octanol–water partition coefficient (Wildman–Crippen LogP) is 1.14. The molecule has 15 heavy (non-hydrogen) atoms. The fourth-order valence-electron chi connectivity index (χ4n) is 1.59. The molecule has 0 aromatic heterocycles. The third-order valence-electron chi connectivity index (χ3n) is 2.53. The van der Waals surface area contributed by atoms with Crippen LogP contribution in [0.15, 0.2) is 11.8 Å². The molecule has 1 heterocycles. The Morgan fingerprint density at radius 3 is 2.80 bits per heavy atom. The van der Waals surface area contributed by atoms with Gasteiger partial charge in [0.1, 0.15) is 5.70 Å². The molecule has 0 aromatic carbocycles. The standard InChI is InChI=1S/C10H15NO3S/c1-2-7(6-15)9(12)11-5-3-4-8(11)10(13)14/h4,7,15H,2-3,5-6H2,1H3,(H,13,14). The first-order valence-corrected chi connectivity index (χ1v) is 5.60. The van der Waals surface area contributed by atoms with Crippen LogP contribution in [0.3, 0.4) is 0 Å². The topological polar surface area (TPSA) is 57.6 Å². The van der Waals surface area contributed by atoms with E-state index >= 15 is 0 Å².